The Morgan fingerprint density at radius 3 is 2.67 bits per heavy atom. The molecule has 1 heterocycles. The first-order valence-corrected chi connectivity index (χ1v) is 10.0. The largest absolute Gasteiger partial charge is 0.496 e. The molecule has 0 aromatic heterocycles. The molecule has 0 spiro atoms. The fourth-order valence-electron chi connectivity index (χ4n) is 3.36. The minimum atomic E-state index is 0.605. The van der Waals surface area contributed by atoms with Gasteiger partial charge in [-0.25, -0.2) is 4.99 Å². The standard InChI is InChI=1S/C21H36N4O2/c1-5-22-21(24-16-19-7-6-17(2)14-20(19)27-4)23-15-18-8-10-25(11-9-18)12-13-26-3/h6-7,14,18H,5,8-13,15-16H2,1-4H3,(H2,22,23,24). The molecule has 6 heteroatoms. The van der Waals surface area contributed by atoms with Crippen molar-refractivity contribution in [2.75, 3.05) is 53.6 Å². The number of hydrogen-bond acceptors (Lipinski definition) is 4. The lowest BCUT2D eigenvalue weighted by Gasteiger charge is -2.32. The number of aryl methyl sites for hydroxylation is 1. The highest BCUT2D eigenvalue weighted by Crippen LogP contribution is 2.20. The van der Waals surface area contributed by atoms with Crippen molar-refractivity contribution in [3.8, 4) is 5.75 Å². The molecule has 0 aliphatic carbocycles. The third-order valence-electron chi connectivity index (χ3n) is 5.07. The van der Waals surface area contributed by atoms with E-state index in [1.807, 2.05) is 0 Å². The molecule has 27 heavy (non-hydrogen) atoms. The second-order valence-corrected chi connectivity index (χ2v) is 7.17. The van der Waals surface area contributed by atoms with Gasteiger partial charge in [-0.1, -0.05) is 12.1 Å². The highest BCUT2D eigenvalue weighted by Gasteiger charge is 2.19. The van der Waals surface area contributed by atoms with E-state index < -0.39 is 0 Å². The van der Waals surface area contributed by atoms with Gasteiger partial charge in [0.1, 0.15) is 5.75 Å². The van der Waals surface area contributed by atoms with Crippen molar-refractivity contribution in [3.05, 3.63) is 29.3 Å². The molecule has 0 atom stereocenters. The Morgan fingerprint density at radius 1 is 1.22 bits per heavy atom. The maximum atomic E-state index is 5.49. The minimum absolute atomic E-state index is 0.605. The van der Waals surface area contributed by atoms with Crippen molar-refractivity contribution in [1.82, 2.24) is 15.5 Å². The first-order valence-electron chi connectivity index (χ1n) is 10.0. The van der Waals surface area contributed by atoms with E-state index in [0.717, 1.165) is 56.6 Å². The van der Waals surface area contributed by atoms with E-state index in [0.29, 0.717) is 12.5 Å². The first kappa shape index (κ1) is 21.5. The highest BCUT2D eigenvalue weighted by atomic mass is 16.5. The zero-order valence-electron chi connectivity index (χ0n) is 17.4. The van der Waals surface area contributed by atoms with Crippen LogP contribution in [-0.4, -0.2) is 64.4 Å². The molecular formula is C21H36N4O2. The molecule has 1 aliphatic heterocycles. The predicted molar refractivity (Wildman–Crippen MR) is 112 cm³/mol. The SMILES string of the molecule is CCNC(=NCc1ccc(C)cc1OC)NCC1CCN(CCOC)CC1. The lowest BCUT2D eigenvalue weighted by atomic mass is 9.97. The van der Waals surface area contributed by atoms with Gasteiger partial charge in [0.25, 0.3) is 0 Å². The maximum Gasteiger partial charge on any atom is 0.191 e. The van der Waals surface area contributed by atoms with Crippen LogP contribution in [0.2, 0.25) is 0 Å². The van der Waals surface area contributed by atoms with Crippen molar-refractivity contribution < 1.29 is 9.47 Å². The Hall–Kier alpha value is -1.79. The van der Waals surface area contributed by atoms with E-state index in [2.05, 4.69) is 47.6 Å². The van der Waals surface area contributed by atoms with E-state index in [9.17, 15) is 0 Å². The number of nitrogens with zero attached hydrogens (tertiary/aromatic N) is 2. The van der Waals surface area contributed by atoms with Gasteiger partial charge in [-0.3, -0.25) is 0 Å². The number of likely N-dealkylation sites (tertiary alicyclic amines) is 1. The minimum Gasteiger partial charge on any atom is -0.496 e. The summed E-state index contributed by atoms with van der Waals surface area (Å²) in [7, 11) is 3.48. The summed E-state index contributed by atoms with van der Waals surface area (Å²) in [5.74, 6) is 2.47. The Balaban J connectivity index is 1.84. The summed E-state index contributed by atoms with van der Waals surface area (Å²) in [5.41, 5.74) is 2.30. The lowest BCUT2D eigenvalue weighted by molar-refractivity contribution is 0.121. The van der Waals surface area contributed by atoms with E-state index in [1.54, 1.807) is 14.2 Å². The topological polar surface area (TPSA) is 58.1 Å². The monoisotopic (exact) mass is 376 g/mol. The van der Waals surface area contributed by atoms with Crippen molar-refractivity contribution in [2.24, 2.45) is 10.9 Å². The molecule has 0 unspecified atom stereocenters. The van der Waals surface area contributed by atoms with Gasteiger partial charge in [-0.2, -0.15) is 0 Å². The molecule has 0 radical (unpaired) electrons. The quantitative estimate of drug-likeness (QED) is 0.512. The fraction of sp³-hybridized carbons (Fsp3) is 0.667. The number of benzene rings is 1. The van der Waals surface area contributed by atoms with Crippen molar-refractivity contribution in [2.45, 2.75) is 33.2 Å². The summed E-state index contributed by atoms with van der Waals surface area (Å²) < 4.78 is 10.7. The van der Waals surface area contributed by atoms with Crippen molar-refractivity contribution in [3.63, 3.8) is 0 Å². The van der Waals surface area contributed by atoms with Gasteiger partial charge in [0.05, 0.1) is 20.3 Å². The number of nitrogens with one attached hydrogen (secondary N) is 2. The molecule has 2 rings (SSSR count). The van der Waals surface area contributed by atoms with Crippen molar-refractivity contribution in [1.29, 1.82) is 0 Å². The number of piperidine rings is 1. The average Bonchev–Trinajstić information content (AvgIpc) is 2.69. The third-order valence-corrected chi connectivity index (χ3v) is 5.07. The summed E-state index contributed by atoms with van der Waals surface area (Å²) in [6, 6.07) is 6.25. The van der Waals surface area contributed by atoms with E-state index in [-0.39, 0.29) is 0 Å². The molecule has 1 aromatic carbocycles. The van der Waals surface area contributed by atoms with Gasteiger partial charge in [0.2, 0.25) is 0 Å². The summed E-state index contributed by atoms with van der Waals surface area (Å²) in [6.07, 6.45) is 2.45. The molecule has 0 saturated carbocycles. The number of hydrogen-bond donors (Lipinski definition) is 2. The second-order valence-electron chi connectivity index (χ2n) is 7.17. The van der Waals surface area contributed by atoms with Crippen LogP contribution in [0.15, 0.2) is 23.2 Å². The average molecular weight is 377 g/mol. The Kier molecular flexibility index (Phi) is 9.42. The molecular weight excluding hydrogens is 340 g/mol. The van der Waals surface area contributed by atoms with E-state index in [4.69, 9.17) is 14.5 Å². The van der Waals surface area contributed by atoms with Crippen LogP contribution >= 0.6 is 0 Å². The molecule has 1 aromatic rings. The zero-order chi connectivity index (χ0) is 19.5. The van der Waals surface area contributed by atoms with Crippen LogP contribution in [0.4, 0.5) is 0 Å². The molecule has 0 amide bonds. The summed E-state index contributed by atoms with van der Waals surface area (Å²) in [6.45, 7) is 10.8. The van der Waals surface area contributed by atoms with E-state index >= 15 is 0 Å². The zero-order valence-corrected chi connectivity index (χ0v) is 17.4. The molecule has 1 fully saturated rings. The first-order chi connectivity index (χ1) is 13.2. The van der Waals surface area contributed by atoms with Crippen molar-refractivity contribution >= 4 is 5.96 Å². The predicted octanol–water partition coefficient (Wildman–Crippen LogP) is 2.42. The smallest absolute Gasteiger partial charge is 0.191 e. The van der Waals surface area contributed by atoms with Crippen LogP contribution < -0.4 is 15.4 Å². The number of guanidine groups is 1. The fourth-order valence-corrected chi connectivity index (χ4v) is 3.36. The van der Waals surface area contributed by atoms with Gasteiger partial charge >= 0.3 is 0 Å². The van der Waals surface area contributed by atoms with Crippen LogP contribution in [0, 0.1) is 12.8 Å². The lowest BCUT2D eigenvalue weighted by Crippen LogP contribution is -2.43. The normalized spacial score (nSPS) is 16.4. The van der Waals surface area contributed by atoms with Gasteiger partial charge in [-0.05, 0) is 57.3 Å². The molecule has 6 nitrogen and oxygen atoms in total. The number of rotatable bonds is 9. The summed E-state index contributed by atoms with van der Waals surface area (Å²) >= 11 is 0. The third kappa shape index (κ3) is 7.39. The van der Waals surface area contributed by atoms with Gasteiger partial charge in [-0.15, -0.1) is 0 Å². The molecule has 152 valence electrons. The molecule has 1 saturated heterocycles. The van der Waals surface area contributed by atoms with Crippen LogP contribution in [-0.2, 0) is 11.3 Å². The van der Waals surface area contributed by atoms with Crippen LogP contribution in [0.3, 0.4) is 0 Å². The van der Waals surface area contributed by atoms with E-state index in [1.165, 1.54) is 18.4 Å². The summed E-state index contributed by atoms with van der Waals surface area (Å²) in [5, 5.41) is 6.87. The summed E-state index contributed by atoms with van der Waals surface area (Å²) in [4.78, 5) is 7.24. The van der Waals surface area contributed by atoms with Gasteiger partial charge in [0, 0.05) is 32.3 Å². The van der Waals surface area contributed by atoms with Crippen LogP contribution in [0.1, 0.15) is 30.9 Å². The van der Waals surface area contributed by atoms with Crippen LogP contribution in [0.25, 0.3) is 0 Å². The second kappa shape index (κ2) is 11.8. The highest BCUT2D eigenvalue weighted by molar-refractivity contribution is 5.79. The Bertz CT molecular complexity index is 584. The number of ether oxygens (including phenoxy) is 2. The Morgan fingerprint density at radius 2 is 2.00 bits per heavy atom. The number of aliphatic imine (C=N–C) groups is 1. The molecule has 1 aliphatic rings. The van der Waals surface area contributed by atoms with Gasteiger partial charge in [0.15, 0.2) is 5.96 Å². The molecule has 0 bridgehead atoms. The molecule has 2 N–H and O–H groups in total. The Labute approximate surface area is 164 Å². The van der Waals surface area contributed by atoms with Crippen LogP contribution in [0.5, 0.6) is 5.75 Å². The number of methoxy groups -OCH3 is 2. The maximum absolute atomic E-state index is 5.49. The van der Waals surface area contributed by atoms with Gasteiger partial charge < -0.3 is 25.0 Å².